The highest BCUT2D eigenvalue weighted by molar-refractivity contribution is 5.94. The summed E-state index contributed by atoms with van der Waals surface area (Å²) in [6, 6.07) is 6.44. The average Bonchev–Trinajstić information content (AvgIpc) is 3.07. The number of rotatable bonds is 7. The second-order valence-electron chi connectivity index (χ2n) is 6.43. The minimum atomic E-state index is -5.15. The zero-order chi connectivity index (χ0) is 21.8. The first-order chi connectivity index (χ1) is 13.5. The Morgan fingerprint density at radius 1 is 1.34 bits per heavy atom. The maximum absolute atomic E-state index is 13.5. The number of ether oxygens (including phenoxy) is 1. The molecule has 11 heteroatoms. The molecule has 0 saturated carbocycles. The number of halogens is 3. The van der Waals surface area contributed by atoms with Gasteiger partial charge in [0.2, 0.25) is 17.4 Å². The van der Waals surface area contributed by atoms with Gasteiger partial charge in [0.25, 0.3) is 0 Å². The molecule has 0 aliphatic carbocycles. The highest BCUT2D eigenvalue weighted by atomic mass is 19.4. The smallest absolute Gasteiger partial charge is 0.425 e. The molecule has 0 radical (unpaired) electrons. The van der Waals surface area contributed by atoms with Crippen LogP contribution in [0.1, 0.15) is 12.2 Å². The topological polar surface area (TPSA) is 96.7 Å². The third kappa shape index (κ3) is 5.05. The van der Waals surface area contributed by atoms with E-state index in [-0.39, 0.29) is 0 Å². The lowest BCUT2D eigenvalue weighted by Gasteiger charge is -2.30. The van der Waals surface area contributed by atoms with Crippen LogP contribution < -0.4 is 10.1 Å². The van der Waals surface area contributed by atoms with Crippen molar-refractivity contribution in [3.63, 3.8) is 0 Å². The molecule has 1 aromatic heterocycles. The van der Waals surface area contributed by atoms with Gasteiger partial charge in [-0.2, -0.15) is 13.2 Å². The fourth-order valence-corrected chi connectivity index (χ4v) is 2.63. The van der Waals surface area contributed by atoms with Crippen LogP contribution in [0.15, 0.2) is 36.7 Å². The number of imidazole rings is 1. The molecule has 0 aliphatic heterocycles. The average molecular weight is 414 g/mol. The monoisotopic (exact) mass is 414 g/mol. The van der Waals surface area contributed by atoms with E-state index in [1.54, 1.807) is 24.3 Å². The molecule has 1 aromatic carbocycles. The van der Waals surface area contributed by atoms with E-state index in [0.29, 0.717) is 11.4 Å². The van der Waals surface area contributed by atoms with Crippen LogP contribution in [0.3, 0.4) is 0 Å². The van der Waals surface area contributed by atoms with Gasteiger partial charge in [0.15, 0.2) is 5.82 Å². The number of aliphatic hydroxyl groups is 1. The number of alkyl halides is 3. The first kappa shape index (κ1) is 22.2. The predicted octanol–water partition coefficient (Wildman–Crippen LogP) is 1.67. The molecule has 2 aromatic rings. The van der Waals surface area contributed by atoms with Gasteiger partial charge in [-0.3, -0.25) is 9.59 Å². The Bertz CT molecular complexity index is 884. The van der Waals surface area contributed by atoms with Crippen molar-refractivity contribution in [3.8, 4) is 5.75 Å². The normalized spacial score (nSPS) is 13.5. The van der Waals surface area contributed by atoms with Gasteiger partial charge in [-0.1, -0.05) is 6.07 Å². The Balaban J connectivity index is 2.08. The molecule has 0 fully saturated rings. The van der Waals surface area contributed by atoms with E-state index in [1.165, 1.54) is 27.4 Å². The Hall–Kier alpha value is -3.08. The zero-order valence-corrected chi connectivity index (χ0v) is 16.0. The summed E-state index contributed by atoms with van der Waals surface area (Å²) in [4.78, 5) is 28.8. The third-order valence-corrected chi connectivity index (χ3v) is 4.23. The van der Waals surface area contributed by atoms with Gasteiger partial charge in [0, 0.05) is 38.2 Å². The summed E-state index contributed by atoms with van der Waals surface area (Å²) in [5, 5.41) is 12.8. The zero-order valence-electron chi connectivity index (χ0n) is 16.0. The number of anilines is 1. The van der Waals surface area contributed by atoms with Gasteiger partial charge in [0.1, 0.15) is 5.75 Å². The molecule has 2 N–H and O–H groups in total. The SMILES string of the molecule is COc1cccc(NC(=O)CN(C)C(=O)CC(O)(c2nccn2C)C(F)(F)F)c1. The van der Waals surface area contributed by atoms with Crippen molar-refractivity contribution in [3.05, 3.63) is 42.5 Å². The third-order valence-electron chi connectivity index (χ3n) is 4.23. The summed E-state index contributed by atoms with van der Waals surface area (Å²) in [6.07, 6.45) is -4.15. The summed E-state index contributed by atoms with van der Waals surface area (Å²) < 4.78 is 46.6. The minimum absolute atomic E-state index is 0.398. The fraction of sp³-hybridized carbons (Fsp3) is 0.389. The summed E-state index contributed by atoms with van der Waals surface area (Å²) in [7, 11) is 3.90. The van der Waals surface area contributed by atoms with Crippen LogP contribution >= 0.6 is 0 Å². The number of aromatic nitrogens is 2. The number of hydrogen-bond acceptors (Lipinski definition) is 5. The van der Waals surface area contributed by atoms with Gasteiger partial charge < -0.3 is 24.6 Å². The molecule has 0 saturated heterocycles. The van der Waals surface area contributed by atoms with Crippen LogP contribution in [0.5, 0.6) is 5.75 Å². The van der Waals surface area contributed by atoms with E-state index < -0.39 is 42.4 Å². The van der Waals surface area contributed by atoms with Crippen molar-refractivity contribution in [1.82, 2.24) is 14.5 Å². The Labute approximate surface area is 164 Å². The molecular formula is C18H21F3N4O4. The van der Waals surface area contributed by atoms with Gasteiger partial charge in [-0.25, -0.2) is 4.98 Å². The summed E-state index contributed by atoms with van der Waals surface area (Å²) in [5.74, 6) is -1.92. The molecule has 1 heterocycles. The quantitative estimate of drug-likeness (QED) is 0.719. The summed E-state index contributed by atoms with van der Waals surface area (Å²) in [5.41, 5.74) is -3.09. The minimum Gasteiger partial charge on any atom is -0.497 e. The van der Waals surface area contributed by atoms with Crippen molar-refractivity contribution >= 4 is 17.5 Å². The maximum Gasteiger partial charge on any atom is 0.425 e. The maximum atomic E-state index is 13.5. The van der Waals surface area contributed by atoms with Crippen LogP contribution in [0.25, 0.3) is 0 Å². The van der Waals surface area contributed by atoms with Crippen molar-refractivity contribution in [2.24, 2.45) is 7.05 Å². The van der Waals surface area contributed by atoms with Crippen LogP contribution in [0.2, 0.25) is 0 Å². The number of carbonyl (C=O) groups is 2. The number of methoxy groups -OCH3 is 1. The number of benzene rings is 1. The molecule has 29 heavy (non-hydrogen) atoms. The van der Waals surface area contributed by atoms with Crippen LogP contribution in [0.4, 0.5) is 18.9 Å². The van der Waals surface area contributed by atoms with E-state index in [4.69, 9.17) is 4.74 Å². The Kier molecular flexibility index (Phi) is 6.52. The van der Waals surface area contributed by atoms with Crippen molar-refractivity contribution in [2.45, 2.75) is 18.2 Å². The number of amides is 2. The van der Waals surface area contributed by atoms with E-state index in [2.05, 4.69) is 10.3 Å². The van der Waals surface area contributed by atoms with E-state index in [0.717, 1.165) is 15.7 Å². The van der Waals surface area contributed by atoms with Crippen LogP contribution in [0, 0.1) is 0 Å². The van der Waals surface area contributed by atoms with E-state index in [9.17, 15) is 27.9 Å². The molecule has 1 unspecified atom stereocenters. The first-order valence-corrected chi connectivity index (χ1v) is 8.42. The Morgan fingerprint density at radius 2 is 2.03 bits per heavy atom. The van der Waals surface area contributed by atoms with Gasteiger partial charge in [0.05, 0.1) is 20.1 Å². The molecule has 158 valence electrons. The van der Waals surface area contributed by atoms with Gasteiger partial charge >= 0.3 is 6.18 Å². The lowest BCUT2D eigenvalue weighted by atomic mass is 9.96. The first-order valence-electron chi connectivity index (χ1n) is 8.42. The summed E-state index contributed by atoms with van der Waals surface area (Å²) >= 11 is 0. The molecular weight excluding hydrogens is 393 g/mol. The van der Waals surface area contributed by atoms with Crippen molar-refractivity contribution in [2.75, 3.05) is 26.0 Å². The molecule has 2 amide bonds. The number of aryl methyl sites for hydroxylation is 1. The highest BCUT2D eigenvalue weighted by Gasteiger charge is 2.58. The lowest BCUT2D eigenvalue weighted by molar-refractivity contribution is -0.271. The van der Waals surface area contributed by atoms with E-state index >= 15 is 0 Å². The molecule has 0 bridgehead atoms. The van der Waals surface area contributed by atoms with Crippen LogP contribution in [-0.2, 0) is 22.2 Å². The number of nitrogens with zero attached hydrogens (tertiary/aromatic N) is 3. The van der Waals surface area contributed by atoms with E-state index in [1.807, 2.05) is 0 Å². The second kappa shape index (κ2) is 8.52. The van der Waals surface area contributed by atoms with Gasteiger partial charge in [-0.05, 0) is 12.1 Å². The summed E-state index contributed by atoms with van der Waals surface area (Å²) in [6.45, 7) is -0.509. The molecule has 1 atom stereocenters. The molecule has 0 spiro atoms. The standard InChI is InChI=1S/C18H21F3N4O4/c1-24-8-7-22-16(24)17(28,18(19,20)21)10-15(27)25(2)11-14(26)23-12-5-4-6-13(9-12)29-3/h4-9,28H,10-11H2,1-3H3,(H,23,26). The van der Waals surface area contributed by atoms with Gasteiger partial charge in [-0.15, -0.1) is 0 Å². The molecule has 0 aliphatic rings. The fourth-order valence-electron chi connectivity index (χ4n) is 2.63. The lowest BCUT2D eigenvalue weighted by Crippen LogP contribution is -2.48. The number of carbonyl (C=O) groups excluding carboxylic acids is 2. The predicted molar refractivity (Wildman–Crippen MR) is 97.0 cm³/mol. The molecule has 2 rings (SSSR count). The molecule has 8 nitrogen and oxygen atoms in total. The number of likely N-dealkylation sites (N-methyl/N-ethyl adjacent to an activating group) is 1. The van der Waals surface area contributed by atoms with Crippen LogP contribution in [-0.4, -0.2) is 58.3 Å². The second-order valence-corrected chi connectivity index (χ2v) is 6.43. The van der Waals surface area contributed by atoms with Crippen molar-refractivity contribution in [1.29, 1.82) is 0 Å². The largest absolute Gasteiger partial charge is 0.497 e. The Morgan fingerprint density at radius 3 is 2.59 bits per heavy atom. The number of hydrogen-bond donors (Lipinski definition) is 2. The number of nitrogens with one attached hydrogen (secondary N) is 1. The van der Waals surface area contributed by atoms with Crippen molar-refractivity contribution < 1.29 is 32.6 Å². The highest BCUT2D eigenvalue weighted by Crippen LogP contribution is 2.41.